The van der Waals surface area contributed by atoms with Gasteiger partial charge < -0.3 is 10.0 Å². The molecule has 1 aromatic carbocycles. The second-order valence-electron chi connectivity index (χ2n) is 6.13. The van der Waals surface area contributed by atoms with Crippen LogP contribution in [0.3, 0.4) is 0 Å². The molecule has 1 aliphatic rings. The number of rotatable bonds is 6. The van der Waals surface area contributed by atoms with Crippen LogP contribution in [0.15, 0.2) is 29.2 Å². The monoisotopic (exact) mass is 353 g/mol. The van der Waals surface area contributed by atoms with Crippen molar-refractivity contribution in [2.24, 2.45) is 5.92 Å². The van der Waals surface area contributed by atoms with E-state index in [4.69, 9.17) is 5.11 Å². The highest BCUT2D eigenvalue weighted by Gasteiger charge is 2.28. The predicted molar refractivity (Wildman–Crippen MR) is 89.7 cm³/mol. The van der Waals surface area contributed by atoms with Crippen molar-refractivity contribution in [3.8, 4) is 0 Å². The van der Waals surface area contributed by atoms with E-state index in [2.05, 4.69) is 0 Å². The number of carbonyl (C=O) groups is 2. The molecule has 1 aliphatic heterocycles. The van der Waals surface area contributed by atoms with Gasteiger partial charge in [0, 0.05) is 18.7 Å². The van der Waals surface area contributed by atoms with E-state index in [1.807, 2.05) is 6.92 Å². The van der Waals surface area contributed by atoms with Gasteiger partial charge in [-0.1, -0.05) is 13.3 Å². The number of sulfone groups is 1. The molecular weight excluding hydrogens is 330 g/mol. The lowest BCUT2D eigenvalue weighted by Crippen LogP contribution is -2.42. The molecule has 1 amide bonds. The summed E-state index contributed by atoms with van der Waals surface area (Å²) in [7, 11) is -3.31. The fourth-order valence-corrected chi connectivity index (χ4v) is 4.26. The Morgan fingerprint density at radius 3 is 2.50 bits per heavy atom. The number of benzene rings is 1. The summed E-state index contributed by atoms with van der Waals surface area (Å²) in [5.74, 6) is -1.57. The van der Waals surface area contributed by atoms with Crippen molar-refractivity contribution < 1.29 is 23.1 Å². The molecule has 0 unspecified atom stereocenters. The number of hydrogen-bond acceptors (Lipinski definition) is 4. The smallest absolute Gasteiger partial charge is 0.308 e. The maximum atomic E-state index is 12.5. The first-order valence-corrected chi connectivity index (χ1v) is 9.85. The minimum Gasteiger partial charge on any atom is -0.481 e. The molecule has 0 aromatic heterocycles. The largest absolute Gasteiger partial charge is 0.481 e. The quantitative estimate of drug-likeness (QED) is 0.846. The predicted octanol–water partition coefficient (Wildman–Crippen LogP) is 2.20. The summed E-state index contributed by atoms with van der Waals surface area (Å²) in [6.07, 6.45) is 2.64. The lowest BCUT2D eigenvalue weighted by molar-refractivity contribution is -0.143. The number of carboxylic acid groups (broad SMARTS) is 1. The van der Waals surface area contributed by atoms with Gasteiger partial charge in [0.2, 0.25) is 0 Å². The Morgan fingerprint density at radius 1 is 1.25 bits per heavy atom. The third-order valence-electron chi connectivity index (χ3n) is 4.28. The van der Waals surface area contributed by atoms with Gasteiger partial charge in [0.1, 0.15) is 0 Å². The van der Waals surface area contributed by atoms with Gasteiger partial charge in [0.05, 0.1) is 16.6 Å². The Morgan fingerprint density at radius 2 is 1.92 bits per heavy atom. The number of likely N-dealkylation sites (tertiary alicyclic amines) is 1. The van der Waals surface area contributed by atoms with Gasteiger partial charge in [-0.15, -0.1) is 0 Å². The number of hydrogen-bond donors (Lipinski definition) is 1. The molecule has 0 spiro atoms. The zero-order valence-corrected chi connectivity index (χ0v) is 14.6. The van der Waals surface area contributed by atoms with E-state index >= 15 is 0 Å². The van der Waals surface area contributed by atoms with Crippen molar-refractivity contribution in [3.05, 3.63) is 29.8 Å². The van der Waals surface area contributed by atoms with Crippen LogP contribution in [-0.2, 0) is 14.6 Å². The lowest BCUT2D eigenvalue weighted by Gasteiger charge is -2.30. The van der Waals surface area contributed by atoms with Gasteiger partial charge in [-0.25, -0.2) is 8.42 Å². The van der Waals surface area contributed by atoms with Gasteiger partial charge in [-0.2, -0.15) is 0 Å². The molecule has 1 N–H and O–H groups in total. The SMILES string of the molecule is CCCCS(=O)(=O)c1ccc(C(=O)N2CCC[C@H](C(=O)O)C2)cc1. The van der Waals surface area contributed by atoms with Crippen molar-refractivity contribution in [2.45, 2.75) is 37.5 Å². The van der Waals surface area contributed by atoms with Crippen molar-refractivity contribution >= 4 is 21.7 Å². The molecule has 132 valence electrons. The maximum Gasteiger partial charge on any atom is 0.308 e. The number of aliphatic carboxylic acids is 1. The van der Waals surface area contributed by atoms with E-state index in [-0.39, 0.29) is 23.1 Å². The standard InChI is InChI=1S/C17H23NO5S/c1-2-3-11-24(22,23)15-8-6-13(7-9-15)16(19)18-10-4-5-14(12-18)17(20)21/h6-9,14H,2-5,10-12H2,1H3,(H,20,21)/t14-/m0/s1. The summed E-state index contributed by atoms with van der Waals surface area (Å²) >= 11 is 0. The van der Waals surface area contributed by atoms with Crippen molar-refractivity contribution in [2.75, 3.05) is 18.8 Å². The first kappa shape index (κ1) is 18.4. The third kappa shape index (κ3) is 4.35. The highest BCUT2D eigenvalue weighted by atomic mass is 32.2. The van der Waals surface area contributed by atoms with Crippen LogP contribution in [-0.4, -0.2) is 49.1 Å². The molecular formula is C17H23NO5S. The van der Waals surface area contributed by atoms with Gasteiger partial charge in [-0.05, 0) is 43.5 Å². The highest BCUT2D eigenvalue weighted by Crippen LogP contribution is 2.20. The van der Waals surface area contributed by atoms with Crippen molar-refractivity contribution in [3.63, 3.8) is 0 Å². The number of amides is 1. The van der Waals surface area contributed by atoms with Crippen molar-refractivity contribution in [1.29, 1.82) is 0 Å². The van der Waals surface area contributed by atoms with Crippen LogP contribution < -0.4 is 0 Å². The first-order valence-electron chi connectivity index (χ1n) is 8.20. The van der Waals surface area contributed by atoms with Crippen LogP contribution in [0.5, 0.6) is 0 Å². The summed E-state index contributed by atoms with van der Waals surface area (Å²) in [5, 5.41) is 9.10. The topological polar surface area (TPSA) is 91.8 Å². The molecule has 2 rings (SSSR count). The van der Waals surface area contributed by atoms with E-state index in [0.717, 1.165) is 6.42 Å². The van der Waals surface area contributed by atoms with Crippen LogP contribution in [0, 0.1) is 5.92 Å². The molecule has 0 bridgehead atoms. The maximum absolute atomic E-state index is 12.5. The minimum absolute atomic E-state index is 0.100. The van der Waals surface area contributed by atoms with Gasteiger partial charge >= 0.3 is 5.97 Å². The summed E-state index contributed by atoms with van der Waals surface area (Å²) in [6.45, 7) is 2.66. The van der Waals surface area contributed by atoms with E-state index in [1.54, 1.807) is 0 Å². The molecule has 1 aromatic rings. The molecule has 1 fully saturated rings. The second kappa shape index (κ2) is 7.79. The van der Waals surface area contributed by atoms with Gasteiger partial charge in [0.15, 0.2) is 9.84 Å². The number of piperidine rings is 1. The van der Waals surface area contributed by atoms with E-state index in [1.165, 1.54) is 29.2 Å². The molecule has 24 heavy (non-hydrogen) atoms. The zero-order valence-electron chi connectivity index (χ0n) is 13.8. The Labute approximate surface area is 142 Å². The van der Waals surface area contributed by atoms with Crippen LogP contribution >= 0.6 is 0 Å². The zero-order chi connectivity index (χ0) is 17.7. The van der Waals surface area contributed by atoms with E-state index in [9.17, 15) is 18.0 Å². The number of nitrogens with zero attached hydrogens (tertiary/aromatic N) is 1. The van der Waals surface area contributed by atoms with Gasteiger partial charge in [-0.3, -0.25) is 9.59 Å². The summed E-state index contributed by atoms with van der Waals surface area (Å²) in [6, 6.07) is 5.92. The minimum atomic E-state index is -3.31. The van der Waals surface area contributed by atoms with Crippen LogP contribution in [0.1, 0.15) is 43.0 Å². The fraction of sp³-hybridized carbons (Fsp3) is 0.529. The molecule has 0 radical (unpaired) electrons. The van der Waals surface area contributed by atoms with Crippen LogP contribution in [0.2, 0.25) is 0 Å². The van der Waals surface area contributed by atoms with E-state index in [0.29, 0.717) is 31.4 Å². The van der Waals surface area contributed by atoms with E-state index < -0.39 is 21.7 Å². The molecule has 7 heteroatoms. The summed E-state index contributed by atoms with van der Waals surface area (Å²) in [4.78, 5) is 25.3. The van der Waals surface area contributed by atoms with Crippen molar-refractivity contribution in [1.82, 2.24) is 4.90 Å². The molecule has 6 nitrogen and oxygen atoms in total. The fourth-order valence-electron chi connectivity index (χ4n) is 2.80. The first-order chi connectivity index (χ1) is 11.3. The Hall–Kier alpha value is -1.89. The lowest BCUT2D eigenvalue weighted by atomic mass is 9.97. The molecule has 0 aliphatic carbocycles. The molecule has 1 atom stereocenters. The second-order valence-corrected chi connectivity index (χ2v) is 8.23. The number of unbranched alkanes of at least 4 members (excludes halogenated alkanes) is 1. The molecule has 1 saturated heterocycles. The Balaban J connectivity index is 2.10. The summed E-state index contributed by atoms with van der Waals surface area (Å²) < 4.78 is 24.3. The van der Waals surface area contributed by atoms with Crippen LogP contribution in [0.4, 0.5) is 0 Å². The van der Waals surface area contributed by atoms with Gasteiger partial charge in [0.25, 0.3) is 5.91 Å². The third-order valence-corrected chi connectivity index (χ3v) is 6.10. The Bertz CT molecular complexity index is 696. The number of carboxylic acids is 1. The number of carbonyl (C=O) groups excluding carboxylic acids is 1. The van der Waals surface area contributed by atoms with Crippen LogP contribution in [0.25, 0.3) is 0 Å². The average molecular weight is 353 g/mol. The molecule has 0 saturated carbocycles. The highest BCUT2D eigenvalue weighted by molar-refractivity contribution is 7.91. The summed E-state index contributed by atoms with van der Waals surface area (Å²) in [5.41, 5.74) is 0.385. The Kier molecular flexibility index (Phi) is 5.99. The molecule has 1 heterocycles. The average Bonchev–Trinajstić information content (AvgIpc) is 2.59. The normalized spacial score (nSPS) is 18.4.